The third-order valence-corrected chi connectivity index (χ3v) is 6.10. The van der Waals surface area contributed by atoms with Gasteiger partial charge >= 0.3 is 5.97 Å². The summed E-state index contributed by atoms with van der Waals surface area (Å²) < 4.78 is 0. The molecule has 1 aromatic heterocycles. The van der Waals surface area contributed by atoms with E-state index < -0.39 is 11.5 Å². The van der Waals surface area contributed by atoms with Gasteiger partial charge in [0.1, 0.15) is 5.54 Å². The predicted octanol–water partition coefficient (Wildman–Crippen LogP) is 3.00. The molecule has 2 N–H and O–H groups in total. The standard InChI is InChI=1S/C16H21NO3S/c1-10-5-7-16(8-6-10,15(19)20)17-14(18)13-9-11-3-2-4-12(11)21-13/h9-10H,2-8H2,1H3,(H,17,18)(H,19,20). The van der Waals surface area contributed by atoms with E-state index >= 15 is 0 Å². The summed E-state index contributed by atoms with van der Waals surface area (Å²) in [6.07, 6.45) is 6.03. The molecule has 3 rings (SSSR count). The molecule has 0 unspecified atom stereocenters. The van der Waals surface area contributed by atoms with Gasteiger partial charge in [-0.2, -0.15) is 0 Å². The van der Waals surface area contributed by atoms with Crippen molar-refractivity contribution in [1.29, 1.82) is 0 Å². The quantitative estimate of drug-likeness (QED) is 0.902. The lowest BCUT2D eigenvalue weighted by Gasteiger charge is -2.36. The van der Waals surface area contributed by atoms with Crippen LogP contribution in [0, 0.1) is 5.92 Å². The molecule has 1 saturated carbocycles. The van der Waals surface area contributed by atoms with Crippen LogP contribution in [0.3, 0.4) is 0 Å². The van der Waals surface area contributed by atoms with Crippen molar-refractivity contribution >= 4 is 23.2 Å². The largest absolute Gasteiger partial charge is 0.480 e. The molecule has 2 aliphatic rings. The summed E-state index contributed by atoms with van der Waals surface area (Å²) in [7, 11) is 0. The summed E-state index contributed by atoms with van der Waals surface area (Å²) in [5.74, 6) is -0.571. The van der Waals surface area contributed by atoms with Crippen LogP contribution >= 0.6 is 11.3 Å². The second-order valence-corrected chi connectivity index (χ2v) is 7.57. The number of carboxylic acids is 1. The van der Waals surface area contributed by atoms with Gasteiger partial charge in [0.05, 0.1) is 4.88 Å². The van der Waals surface area contributed by atoms with Gasteiger partial charge in [-0.3, -0.25) is 4.79 Å². The maximum atomic E-state index is 12.4. The van der Waals surface area contributed by atoms with Crippen molar-refractivity contribution in [1.82, 2.24) is 5.32 Å². The zero-order valence-electron chi connectivity index (χ0n) is 12.3. The number of carbonyl (C=O) groups excluding carboxylic acids is 1. The lowest BCUT2D eigenvalue weighted by Crippen LogP contribution is -2.56. The highest BCUT2D eigenvalue weighted by Crippen LogP contribution is 2.34. The first-order valence-corrected chi connectivity index (χ1v) is 8.49. The molecule has 21 heavy (non-hydrogen) atoms. The number of aryl methyl sites for hydroxylation is 2. The first-order valence-electron chi connectivity index (χ1n) is 7.68. The normalized spacial score (nSPS) is 28.1. The molecule has 0 aliphatic heterocycles. The number of carboxylic acid groups (broad SMARTS) is 1. The molecule has 0 aromatic carbocycles. The van der Waals surface area contributed by atoms with Crippen LogP contribution in [0.1, 0.15) is 59.1 Å². The average molecular weight is 307 g/mol. The maximum Gasteiger partial charge on any atom is 0.329 e. The Balaban J connectivity index is 1.76. The highest BCUT2D eigenvalue weighted by Gasteiger charge is 2.42. The first kappa shape index (κ1) is 14.6. The molecule has 1 heterocycles. The maximum absolute atomic E-state index is 12.4. The van der Waals surface area contributed by atoms with Gasteiger partial charge in [0.15, 0.2) is 0 Å². The zero-order chi connectivity index (χ0) is 15.0. The molecular weight excluding hydrogens is 286 g/mol. The number of nitrogens with one attached hydrogen (secondary N) is 1. The number of hydrogen-bond donors (Lipinski definition) is 2. The molecule has 4 nitrogen and oxygen atoms in total. The number of fused-ring (bicyclic) bond motifs is 1. The molecule has 2 aliphatic carbocycles. The van der Waals surface area contributed by atoms with Crippen LogP contribution in [-0.4, -0.2) is 22.5 Å². The van der Waals surface area contributed by atoms with E-state index in [0.717, 1.165) is 25.7 Å². The summed E-state index contributed by atoms with van der Waals surface area (Å²) >= 11 is 1.52. The lowest BCUT2D eigenvalue weighted by molar-refractivity contribution is -0.146. The number of aliphatic carboxylic acids is 1. The van der Waals surface area contributed by atoms with Crippen LogP contribution in [0.2, 0.25) is 0 Å². The van der Waals surface area contributed by atoms with Crippen LogP contribution < -0.4 is 5.32 Å². The molecule has 0 radical (unpaired) electrons. The molecule has 0 atom stereocenters. The van der Waals surface area contributed by atoms with Gasteiger partial charge in [0, 0.05) is 4.88 Å². The van der Waals surface area contributed by atoms with Crippen molar-refractivity contribution < 1.29 is 14.7 Å². The fourth-order valence-electron chi connectivity index (χ4n) is 3.37. The molecule has 0 saturated heterocycles. The van der Waals surface area contributed by atoms with Crippen LogP contribution in [0.5, 0.6) is 0 Å². The van der Waals surface area contributed by atoms with E-state index in [9.17, 15) is 14.7 Å². The molecule has 114 valence electrons. The van der Waals surface area contributed by atoms with E-state index in [1.807, 2.05) is 6.07 Å². The summed E-state index contributed by atoms with van der Waals surface area (Å²) in [6, 6.07) is 1.95. The van der Waals surface area contributed by atoms with Crippen molar-refractivity contribution in [3.8, 4) is 0 Å². The van der Waals surface area contributed by atoms with E-state index in [2.05, 4.69) is 12.2 Å². The fourth-order valence-corrected chi connectivity index (χ4v) is 4.52. The SMILES string of the molecule is CC1CCC(NC(=O)c2cc3c(s2)CCC3)(C(=O)O)CC1. The predicted molar refractivity (Wildman–Crippen MR) is 81.8 cm³/mol. The van der Waals surface area contributed by atoms with Gasteiger partial charge in [-0.1, -0.05) is 6.92 Å². The Morgan fingerprint density at radius 3 is 2.67 bits per heavy atom. The van der Waals surface area contributed by atoms with Crippen LogP contribution in [0.25, 0.3) is 0 Å². The van der Waals surface area contributed by atoms with Crippen LogP contribution in [-0.2, 0) is 17.6 Å². The van der Waals surface area contributed by atoms with Crippen LogP contribution in [0.4, 0.5) is 0 Å². The Kier molecular flexibility index (Phi) is 3.78. The molecule has 1 aromatic rings. The monoisotopic (exact) mass is 307 g/mol. The minimum Gasteiger partial charge on any atom is -0.480 e. The van der Waals surface area contributed by atoms with Gasteiger partial charge in [-0.15, -0.1) is 11.3 Å². The van der Waals surface area contributed by atoms with E-state index in [1.165, 1.54) is 28.2 Å². The second kappa shape index (κ2) is 5.44. The number of amides is 1. The second-order valence-electron chi connectivity index (χ2n) is 6.44. The van der Waals surface area contributed by atoms with E-state index in [0.29, 0.717) is 23.6 Å². The zero-order valence-corrected chi connectivity index (χ0v) is 13.1. The third-order valence-electron chi connectivity index (χ3n) is 4.86. The Morgan fingerprint density at radius 2 is 2.05 bits per heavy atom. The summed E-state index contributed by atoms with van der Waals surface area (Å²) in [4.78, 5) is 26.1. The minimum absolute atomic E-state index is 0.216. The lowest BCUT2D eigenvalue weighted by atomic mass is 9.77. The van der Waals surface area contributed by atoms with Gasteiger partial charge in [0.25, 0.3) is 5.91 Å². The van der Waals surface area contributed by atoms with Gasteiger partial charge in [-0.05, 0) is 62.5 Å². The molecule has 1 fully saturated rings. The molecule has 1 amide bonds. The third kappa shape index (κ3) is 2.71. The Hall–Kier alpha value is -1.36. The van der Waals surface area contributed by atoms with Gasteiger partial charge < -0.3 is 10.4 Å². The summed E-state index contributed by atoms with van der Waals surface area (Å²) in [6.45, 7) is 2.14. The number of carbonyl (C=O) groups is 2. The van der Waals surface area contributed by atoms with Gasteiger partial charge in [-0.25, -0.2) is 4.79 Å². The molecule has 0 bridgehead atoms. The van der Waals surface area contributed by atoms with Crippen molar-refractivity contribution in [2.45, 2.75) is 57.4 Å². The van der Waals surface area contributed by atoms with Gasteiger partial charge in [0.2, 0.25) is 0 Å². The van der Waals surface area contributed by atoms with Crippen molar-refractivity contribution in [3.05, 3.63) is 21.4 Å². The van der Waals surface area contributed by atoms with Crippen molar-refractivity contribution in [3.63, 3.8) is 0 Å². The minimum atomic E-state index is -1.07. The number of hydrogen-bond acceptors (Lipinski definition) is 3. The summed E-state index contributed by atoms with van der Waals surface area (Å²) in [5.41, 5.74) is 0.199. The van der Waals surface area contributed by atoms with E-state index in [4.69, 9.17) is 0 Å². The average Bonchev–Trinajstić information content (AvgIpc) is 3.02. The fraction of sp³-hybridized carbons (Fsp3) is 0.625. The highest BCUT2D eigenvalue weighted by molar-refractivity contribution is 7.14. The summed E-state index contributed by atoms with van der Waals surface area (Å²) in [5, 5.41) is 12.4. The highest BCUT2D eigenvalue weighted by atomic mass is 32.1. The molecular formula is C16H21NO3S. The van der Waals surface area contributed by atoms with E-state index in [1.54, 1.807) is 0 Å². The van der Waals surface area contributed by atoms with Crippen molar-refractivity contribution in [2.75, 3.05) is 0 Å². The Bertz CT molecular complexity index is 549. The topological polar surface area (TPSA) is 66.4 Å². The van der Waals surface area contributed by atoms with Crippen LogP contribution in [0.15, 0.2) is 6.07 Å². The van der Waals surface area contributed by atoms with Crippen molar-refractivity contribution in [2.24, 2.45) is 5.92 Å². The molecule has 5 heteroatoms. The van der Waals surface area contributed by atoms with E-state index in [-0.39, 0.29) is 5.91 Å². The number of thiophene rings is 1. The Labute approximate surface area is 128 Å². The Morgan fingerprint density at radius 1 is 1.33 bits per heavy atom. The molecule has 0 spiro atoms. The smallest absolute Gasteiger partial charge is 0.329 e. The first-order chi connectivity index (χ1) is 10.00. The number of rotatable bonds is 3.